The first-order chi connectivity index (χ1) is 13.9. The Bertz CT molecular complexity index is 982. The molecule has 0 radical (unpaired) electrons. The lowest BCUT2D eigenvalue weighted by Gasteiger charge is -2.24. The Hall–Kier alpha value is -2.74. The molecule has 3 rings (SSSR count). The monoisotopic (exact) mass is 418 g/mol. The smallest absolute Gasteiger partial charge is 0.245 e. The Labute approximate surface area is 171 Å². The number of nitrogens with one attached hydrogen (secondary N) is 1. The standard InChI is InChI=1S/C21H26N2O5S/c1-4-15-8-7-9-16(5-2)21(15)22-20(24)13-23(29(25,26)6-3)17-10-11-18-19(12-17)28-14-27-18/h7-12H,4-6,13-14H2,1-3H3,(H,22,24). The van der Waals surface area contributed by atoms with Crippen molar-refractivity contribution in [3.8, 4) is 11.5 Å². The number of hydrogen-bond donors (Lipinski definition) is 1. The Morgan fingerprint density at radius 3 is 2.31 bits per heavy atom. The van der Waals surface area contributed by atoms with Crippen LogP contribution in [0.1, 0.15) is 31.9 Å². The molecule has 8 heteroatoms. The van der Waals surface area contributed by atoms with E-state index in [2.05, 4.69) is 5.32 Å². The Morgan fingerprint density at radius 2 is 1.69 bits per heavy atom. The highest BCUT2D eigenvalue weighted by molar-refractivity contribution is 7.92. The third-order valence-electron chi connectivity index (χ3n) is 4.90. The number of anilines is 2. The number of carbonyl (C=O) groups is 1. The van der Waals surface area contributed by atoms with Gasteiger partial charge in [0.1, 0.15) is 6.54 Å². The maximum Gasteiger partial charge on any atom is 0.245 e. The van der Waals surface area contributed by atoms with Gasteiger partial charge >= 0.3 is 0 Å². The fraction of sp³-hybridized carbons (Fsp3) is 0.381. The Kier molecular flexibility index (Phi) is 6.32. The zero-order chi connectivity index (χ0) is 21.0. The zero-order valence-electron chi connectivity index (χ0n) is 16.9. The Morgan fingerprint density at radius 1 is 1.03 bits per heavy atom. The number of hydrogen-bond acceptors (Lipinski definition) is 5. The van der Waals surface area contributed by atoms with Crippen LogP contribution in [0.2, 0.25) is 0 Å². The van der Waals surface area contributed by atoms with E-state index in [1.807, 2.05) is 32.0 Å². The van der Waals surface area contributed by atoms with Crippen molar-refractivity contribution in [1.29, 1.82) is 0 Å². The van der Waals surface area contributed by atoms with Gasteiger partial charge in [0.25, 0.3) is 0 Å². The maximum atomic E-state index is 12.9. The van der Waals surface area contributed by atoms with Crippen LogP contribution in [0.4, 0.5) is 11.4 Å². The lowest BCUT2D eigenvalue weighted by molar-refractivity contribution is -0.114. The van der Waals surface area contributed by atoms with Crippen molar-refractivity contribution in [2.24, 2.45) is 0 Å². The first-order valence-electron chi connectivity index (χ1n) is 9.70. The highest BCUT2D eigenvalue weighted by Crippen LogP contribution is 2.36. The first-order valence-corrected chi connectivity index (χ1v) is 11.3. The molecular formula is C21H26N2O5S. The summed E-state index contributed by atoms with van der Waals surface area (Å²) in [5, 5.41) is 2.93. The first kappa shape index (κ1) is 21.0. The fourth-order valence-electron chi connectivity index (χ4n) is 3.26. The summed E-state index contributed by atoms with van der Waals surface area (Å²) in [5.74, 6) is 0.496. The van der Waals surface area contributed by atoms with E-state index in [-0.39, 0.29) is 19.1 Å². The summed E-state index contributed by atoms with van der Waals surface area (Å²) in [6, 6.07) is 10.7. The average molecular weight is 419 g/mol. The van der Waals surface area contributed by atoms with Crippen molar-refractivity contribution in [1.82, 2.24) is 0 Å². The number of carbonyl (C=O) groups excluding carboxylic acids is 1. The second kappa shape index (κ2) is 8.73. The molecule has 1 aliphatic heterocycles. The number of benzene rings is 2. The van der Waals surface area contributed by atoms with Gasteiger partial charge in [-0.3, -0.25) is 9.10 Å². The van der Waals surface area contributed by atoms with Gasteiger partial charge in [-0.15, -0.1) is 0 Å². The largest absolute Gasteiger partial charge is 0.454 e. The molecule has 1 N–H and O–H groups in total. The molecule has 0 bridgehead atoms. The van der Waals surface area contributed by atoms with E-state index in [0.29, 0.717) is 17.2 Å². The Balaban J connectivity index is 1.89. The van der Waals surface area contributed by atoms with Gasteiger partial charge in [-0.25, -0.2) is 8.42 Å². The van der Waals surface area contributed by atoms with Gasteiger partial charge in [-0.2, -0.15) is 0 Å². The van der Waals surface area contributed by atoms with E-state index in [1.165, 1.54) is 0 Å². The molecule has 0 saturated heterocycles. The SMILES string of the molecule is CCc1cccc(CC)c1NC(=O)CN(c1ccc2c(c1)OCO2)S(=O)(=O)CC. The number of aryl methyl sites for hydroxylation is 2. The van der Waals surface area contributed by atoms with Crippen LogP contribution in [-0.2, 0) is 27.7 Å². The normalized spacial score (nSPS) is 12.7. The molecule has 0 spiro atoms. The van der Waals surface area contributed by atoms with Gasteiger partial charge < -0.3 is 14.8 Å². The minimum absolute atomic E-state index is 0.0907. The van der Waals surface area contributed by atoms with Gasteiger partial charge in [0.05, 0.1) is 11.4 Å². The minimum atomic E-state index is -3.67. The molecule has 1 heterocycles. The quantitative estimate of drug-likeness (QED) is 0.711. The molecule has 0 aliphatic carbocycles. The van der Waals surface area contributed by atoms with E-state index in [4.69, 9.17) is 9.47 Å². The number of sulfonamides is 1. The van der Waals surface area contributed by atoms with E-state index in [1.54, 1.807) is 25.1 Å². The lowest BCUT2D eigenvalue weighted by Crippen LogP contribution is -2.39. The van der Waals surface area contributed by atoms with E-state index >= 15 is 0 Å². The molecule has 29 heavy (non-hydrogen) atoms. The molecule has 2 aromatic carbocycles. The molecule has 7 nitrogen and oxygen atoms in total. The van der Waals surface area contributed by atoms with Crippen LogP contribution in [0, 0.1) is 0 Å². The van der Waals surface area contributed by atoms with E-state index < -0.39 is 15.9 Å². The molecular weight excluding hydrogens is 392 g/mol. The number of para-hydroxylation sites is 1. The van der Waals surface area contributed by atoms with Gasteiger partial charge in [0.15, 0.2) is 11.5 Å². The third kappa shape index (κ3) is 4.48. The van der Waals surface area contributed by atoms with Crippen LogP contribution in [0.15, 0.2) is 36.4 Å². The van der Waals surface area contributed by atoms with Crippen LogP contribution in [0.25, 0.3) is 0 Å². The summed E-state index contributed by atoms with van der Waals surface area (Å²) in [4.78, 5) is 12.9. The van der Waals surface area contributed by atoms with Crippen molar-refractivity contribution in [2.75, 3.05) is 28.7 Å². The fourth-order valence-corrected chi connectivity index (χ4v) is 4.32. The molecule has 1 amide bonds. The van der Waals surface area contributed by atoms with Crippen molar-refractivity contribution >= 4 is 27.3 Å². The molecule has 0 aromatic heterocycles. The van der Waals surface area contributed by atoms with Crippen molar-refractivity contribution < 1.29 is 22.7 Å². The maximum absolute atomic E-state index is 12.9. The second-order valence-electron chi connectivity index (χ2n) is 6.65. The molecule has 0 fully saturated rings. The topological polar surface area (TPSA) is 84.9 Å². The molecule has 156 valence electrons. The summed E-state index contributed by atoms with van der Waals surface area (Å²) in [5.41, 5.74) is 3.17. The summed E-state index contributed by atoms with van der Waals surface area (Å²) in [6.07, 6.45) is 1.53. The van der Waals surface area contributed by atoms with E-state index in [0.717, 1.165) is 34.0 Å². The van der Waals surface area contributed by atoms with Crippen LogP contribution in [-0.4, -0.2) is 33.4 Å². The van der Waals surface area contributed by atoms with E-state index in [9.17, 15) is 13.2 Å². The highest BCUT2D eigenvalue weighted by Gasteiger charge is 2.26. The molecule has 2 aromatic rings. The lowest BCUT2D eigenvalue weighted by atomic mass is 10.0. The van der Waals surface area contributed by atoms with Crippen molar-refractivity contribution in [2.45, 2.75) is 33.6 Å². The number of fused-ring (bicyclic) bond motifs is 1. The van der Waals surface area contributed by atoms with Gasteiger partial charge in [0.2, 0.25) is 22.7 Å². The molecule has 0 unspecified atom stereocenters. The average Bonchev–Trinajstić information content (AvgIpc) is 3.19. The second-order valence-corrected chi connectivity index (χ2v) is 8.83. The van der Waals surface area contributed by atoms with Crippen molar-refractivity contribution in [3.63, 3.8) is 0 Å². The number of amides is 1. The van der Waals surface area contributed by atoms with Crippen LogP contribution in [0.3, 0.4) is 0 Å². The number of nitrogens with zero attached hydrogens (tertiary/aromatic N) is 1. The minimum Gasteiger partial charge on any atom is -0.454 e. The highest BCUT2D eigenvalue weighted by atomic mass is 32.2. The molecule has 0 saturated carbocycles. The summed E-state index contributed by atoms with van der Waals surface area (Å²) >= 11 is 0. The molecule has 0 atom stereocenters. The van der Waals surface area contributed by atoms with Gasteiger partial charge in [0, 0.05) is 11.8 Å². The van der Waals surface area contributed by atoms with Crippen LogP contribution in [0.5, 0.6) is 11.5 Å². The van der Waals surface area contributed by atoms with Crippen LogP contribution < -0.4 is 19.1 Å². The van der Waals surface area contributed by atoms with Gasteiger partial charge in [-0.1, -0.05) is 32.0 Å². The zero-order valence-corrected chi connectivity index (χ0v) is 17.7. The van der Waals surface area contributed by atoms with Crippen molar-refractivity contribution in [3.05, 3.63) is 47.5 Å². The third-order valence-corrected chi connectivity index (χ3v) is 6.64. The summed E-state index contributed by atoms with van der Waals surface area (Å²) < 4.78 is 37.2. The summed E-state index contributed by atoms with van der Waals surface area (Å²) in [7, 11) is -3.67. The number of ether oxygens (including phenoxy) is 2. The summed E-state index contributed by atoms with van der Waals surface area (Å²) in [6.45, 7) is 5.36. The van der Waals surface area contributed by atoms with Crippen LogP contribution >= 0.6 is 0 Å². The predicted molar refractivity (Wildman–Crippen MR) is 113 cm³/mol. The van der Waals surface area contributed by atoms with Gasteiger partial charge in [-0.05, 0) is 43.0 Å². The molecule has 1 aliphatic rings. The predicted octanol–water partition coefficient (Wildman–Crippen LogP) is 3.33. The number of rotatable bonds is 8.